The van der Waals surface area contributed by atoms with Gasteiger partial charge in [0, 0.05) is 20.0 Å². The van der Waals surface area contributed by atoms with Crippen molar-refractivity contribution in [1.82, 2.24) is 9.62 Å². The normalized spacial score (nSPS) is 12.8. The van der Waals surface area contributed by atoms with E-state index in [0.29, 0.717) is 12.8 Å². The third-order valence-corrected chi connectivity index (χ3v) is 5.75. The van der Waals surface area contributed by atoms with E-state index in [4.69, 9.17) is 5.11 Å². The number of amides is 1. The van der Waals surface area contributed by atoms with Gasteiger partial charge < -0.3 is 10.4 Å². The second-order valence-electron chi connectivity index (χ2n) is 5.98. The maximum absolute atomic E-state index is 12.9. The third-order valence-electron chi connectivity index (χ3n) is 3.88. The molecule has 1 unspecified atom stereocenters. The molecule has 1 atom stereocenters. The fourth-order valence-corrected chi connectivity index (χ4v) is 3.51. The monoisotopic (exact) mass is 388 g/mol. The van der Waals surface area contributed by atoms with Crippen molar-refractivity contribution in [2.24, 2.45) is 0 Å². The number of nitrogens with zero attached hydrogens (tertiary/aromatic N) is 1. The first-order valence-electron chi connectivity index (χ1n) is 8.42. The number of aliphatic carboxylic acids is 1. The number of carbonyl (C=O) groups is 2. The van der Waals surface area contributed by atoms with Gasteiger partial charge in [0.1, 0.15) is 11.9 Å². The summed E-state index contributed by atoms with van der Waals surface area (Å²) in [6, 6.07) is 3.56. The van der Waals surface area contributed by atoms with Crippen LogP contribution in [0.5, 0.6) is 0 Å². The van der Waals surface area contributed by atoms with E-state index in [1.165, 1.54) is 19.2 Å². The van der Waals surface area contributed by atoms with Crippen molar-refractivity contribution < 1.29 is 27.5 Å². The van der Waals surface area contributed by atoms with E-state index in [-0.39, 0.29) is 24.3 Å². The lowest BCUT2D eigenvalue weighted by atomic mass is 10.1. The summed E-state index contributed by atoms with van der Waals surface area (Å²) in [5, 5.41) is 11.5. The maximum Gasteiger partial charge on any atom is 0.326 e. The zero-order valence-electron chi connectivity index (χ0n) is 14.9. The molecule has 7 nitrogen and oxygen atoms in total. The second-order valence-corrected chi connectivity index (χ2v) is 8.03. The number of hydrogen-bond acceptors (Lipinski definition) is 4. The first-order valence-corrected chi connectivity index (χ1v) is 9.86. The molecule has 1 aromatic carbocycles. The van der Waals surface area contributed by atoms with Crippen molar-refractivity contribution in [1.29, 1.82) is 0 Å². The molecular formula is C17H25FN2O5S. The lowest BCUT2D eigenvalue weighted by Gasteiger charge is -2.18. The van der Waals surface area contributed by atoms with Crippen LogP contribution >= 0.6 is 0 Å². The van der Waals surface area contributed by atoms with Crippen LogP contribution in [0.25, 0.3) is 0 Å². The Morgan fingerprint density at radius 2 is 1.85 bits per heavy atom. The Hall–Kier alpha value is -2.00. The summed E-state index contributed by atoms with van der Waals surface area (Å²) in [5.41, 5.74) is 0. The standard InChI is InChI=1S/C17H25FN2O5S/c1-3-4-6-15(17(22)23)19-16(21)7-5-12-20(2)26(24,25)14-10-8-13(18)9-11-14/h8-11,15H,3-7,12H2,1-2H3,(H,19,21)(H,22,23). The predicted octanol–water partition coefficient (Wildman–Crippen LogP) is 1.99. The molecule has 1 amide bonds. The molecule has 0 heterocycles. The minimum Gasteiger partial charge on any atom is -0.480 e. The molecule has 26 heavy (non-hydrogen) atoms. The lowest BCUT2D eigenvalue weighted by Crippen LogP contribution is -2.41. The second kappa shape index (κ2) is 10.2. The lowest BCUT2D eigenvalue weighted by molar-refractivity contribution is -0.142. The van der Waals surface area contributed by atoms with Crippen molar-refractivity contribution in [2.75, 3.05) is 13.6 Å². The molecule has 2 N–H and O–H groups in total. The fourth-order valence-electron chi connectivity index (χ4n) is 2.30. The number of sulfonamides is 1. The molecule has 0 spiro atoms. The van der Waals surface area contributed by atoms with Crippen molar-refractivity contribution in [3.63, 3.8) is 0 Å². The molecule has 9 heteroatoms. The van der Waals surface area contributed by atoms with Crippen LogP contribution in [0.15, 0.2) is 29.2 Å². The Balaban J connectivity index is 2.51. The van der Waals surface area contributed by atoms with E-state index < -0.39 is 33.8 Å². The summed E-state index contributed by atoms with van der Waals surface area (Å²) in [6.07, 6.45) is 2.13. The van der Waals surface area contributed by atoms with E-state index in [0.717, 1.165) is 22.9 Å². The van der Waals surface area contributed by atoms with Crippen molar-refractivity contribution >= 4 is 21.9 Å². The number of nitrogens with one attached hydrogen (secondary N) is 1. The SMILES string of the molecule is CCCCC(NC(=O)CCCN(C)S(=O)(=O)c1ccc(F)cc1)C(=O)O. The van der Waals surface area contributed by atoms with Gasteiger partial charge in [-0.2, -0.15) is 0 Å². The van der Waals surface area contributed by atoms with Crippen LogP contribution in [0.3, 0.4) is 0 Å². The molecule has 0 aromatic heterocycles. The predicted molar refractivity (Wildman–Crippen MR) is 94.5 cm³/mol. The Morgan fingerprint density at radius 1 is 1.23 bits per heavy atom. The molecule has 1 aromatic rings. The highest BCUT2D eigenvalue weighted by Gasteiger charge is 2.22. The maximum atomic E-state index is 12.9. The summed E-state index contributed by atoms with van der Waals surface area (Å²) in [5.74, 6) is -2.04. The molecular weight excluding hydrogens is 363 g/mol. The first-order chi connectivity index (χ1) is 12.2. The Bertz CT molecular complexity index is 706. The number of carboxylic acids is 1. The topological polar surface area (TPSA) is 104 Å². The molecule has 0 saturated carbocycles. The highest BCUT2D eigenvalue weighted by atomic mass is 32.2. The minimum absolute atomic E-state index is 0.0131. The summed E-state index contributed by atoms with van der Waals surface area (Å²) in [4.78, 5) is 23.0. The molecule has 0 aliphatic heterocycles. The summed E-state index contributed by atoms with van der Waals surface area (Å²) >= 11 is 0. The molecule has 1 rings (SSSR count). The molecule has 0 saturated heterocycles. The average molecular weight is 388 g/mol. The van der Waals surface area contributed by atoms with E-state index in [1.54, 1.807) is 0 Å². The number of benzene rings is 1. The van der Waals surface area contributed by atoms with E-state index >= 15 is 0 Å². The van der Waals surface area contributed by atoms with Crippen LogP contribution in [0.1, 0.15) is 39.0 Å². The van der Waals surface area contributed by atoms with E-state index in [9.17, 15) is 22.4 Å². The summed E-state index contributed by atoms with van der Waals surface area (Å²) in [7, 11) is -2.39. The van der Waals surface area contributed by atoms with Crippen LogP contribution in [0.4, 0.5) is 4.39 Å². The van der Waals surface area contributed by atoms with Gasteiger partial charge in [0.15, 0.2) is 0 Å². The van der Waals surface area contributed by atoms with Crippen LogP contribution < -0.4 is 5.32 Å². The van der Waals surface area contributed by atoms with E-state index in [1.807, 2.05) is 6.92 Å². The number of carbonyl (C=O) groups excluding carboxylic acids is 1. The molecule has 0 radical (unpaired) electrons. The Labute approximate surface area is 153 Å². The van der Waals surface area contributed by atoms with Gasteiger partial charge in [0.25, 0.3) is 0 Å². The van der Waals surface area contributed by atoms with Gasteiger partial charge in [-0.1, -0.05) is 19.8 Å². The number of carboxylic acid groups (broad SMARTS) is 1. The largest absolute Gasteiger partial charge is 0.480 e. The molecule has 0 fully saturated rings. The van der Waals surface area contributed by atoms with Crippen LogP contribution in [-0.4, -0.2) is 49.3 Å². The van der Waals surface area contributed by atoms with Gasteiger partial charge in [-0.05, 0) is 37.1 Å². The van der Waals surface area contributed by atoms with Crippen LogP contribution in [0.2, 0.25) is 0 Å². The molecule has 0 bridgehead atoms. The summed E-state index contributed by atoms with van der Waals surface area (Å²) < 4.78 is 38.7. The fraction of sp³-hybridized carbons (Fsp3) is 0.529. The first kappa shape index (κ1) is 22.0. The van der Waals surface area contributed by atoms with E-state index in [2.05, 4.69) is 5.32 Å². The third kappa shape index (κ3) is 6.72. The number of rotatable bonds is 11. The van der Waals surface area contributed by atoms with Gasteiger partial charge >= 0.3 is 5.97 Å². The van der Waals surface area contributed by atoms with Gasteiger partial charge in [0.05, 0.1) is 4.90 Å². The van der Waals surface area contributed by atoms with Gasteiger partial charge in [-0.15, -0.1) is 0 Å². The quantitative estimate of drug-likeness (QED) is 0.603. The molecule has 0 aliphatic carbocycles. The Kier molecular flexibility index (Phi) is 8.67. The molecule has 146 valence electrons. The smallest absolute Gasteiger partial charge is 0.326 e. The van der Waals surface area contributed by atoms with Crippen LogP contribution in [-0.2, 0) is 19.6 Å². The average Bonchev–Trinajstić information content (AvgIpc) is 2.58. The van der Waals surface area contributed by atoms with Gasteiger partial charge in [0.2, 0.25) is 15.9 Å². The van der Waals surface area contributed by atoms with Crippen LogP contribution in [0, 0.1) is 5.82 Å². The Morgan fingerprint density at radius 3 is 2.38 bits per heavy atom. The minimum atomic E-state index is -3.76. The van der Waals surface area contributed by atoms with Gasteiger partial charge in [-0.3, -0.25) is 4.79 Å². The van der Waals surface area contributed by atoms with Crippen molar-refractivity contribution in [3.8, 4) is 0 Å². The van der Waals surface area contributed by atoms with Crippen molar-refractivity contribution in [2.45, 2.75) is 50.0 Å². The zero-order valence-corrected chi connectivity index (χ0v) is 15.8. The van der Waals surface area contributed by atoms with Gasteiger partial charge in [-0.25, -0.2) is 21.9 Å². The zero-order chi connectivity index (χ0) is 19.7. The summed E-state index contributed by atoms with van der Waals surface area (Å²) in [6.45, 7) is 2.01. The number of hydrogen-bond donors (Lipinski definition) is 2. The van der Waals surface area contributed by atoms with Crippen molar-refractivity contribution in [3.05, 3.63) is 30.1 Å². The molecule has 0 aliphatic rings. The highest BCUT2D eigenvalue weighted by Crippen LogP contribution is 2.15. The number of unbranched alkanes of at least 4 members (excludes halogenated alkanes) is 1. The number of halogens is 1. The highest BCUT2D eigenvalue weighted by molar-refractivity contribution is 7.89.